The van der Waals surface area contributed by atoms with Gasteiger partial charge in [0.1, 0.15) is 6.04 Å². The Morgan fingerprint density at radius 1 is 1.38 bits per heavy atom. The van der Waals surface area contributed by atoms with Crippen molar-refractivity contribution < 1.29 is 26.4 Å². The molecule has 2 atom stereocenters. The fraction of sp³-hybridized carbons (Fsp3) is 0.500. The number of nitrogens with two attached hydrogens (primary N) is 1. The first-order valence-electron chi connectivity index (χ1n) is 7.30. The highest BCUT2D eigenvalue weighted by molar-refractivity contribution is 7.89. The van der Waals surface area contributed by atoms with Gasteiger partial charge >= 0.3 is 6.18 Å². The van der Waals surface area contributed by atoms with Gasteiger partial charge < -0.3 is 11.1 Å². The normalized spacial score (nSPS) is 22.5. The first-order chi connectivity index (χ1) is 11.1. The van der Waals surface area contributed by atoms with Crippen molar-refractivity contribution in [3.8, 4) is 0 Å². The van der Waals surface area contributed by atoms with Crippen molar-refractivity contribution in [3.63, 3.8) is 0 Å². The monoisotopic (exact) mass is 365 g/mol. The molecule has 24 heavy (non-hydrogen) atoms. The molecule has 0 saturated carbocycles. The van der Waals surface area contributed by atoms with E-state index in [0.717, 1.165) is 16.4 Å². The van der Waals surface area contributed by atoms with Crippen LogP contribution >= 0.6 is 0 Å². The lowest BCUT2D eigenvalue weighted by atomic mass is 10.2. The highest BCUT2D eigenvalue weighted by Gasteiger charge is 2.45. The SMILES string of the molecule is CCNC(=O)[C@@H]1C[C@@H](N)CN1S(=O)(=O)c1ccccc1C(F)(F)F. The number of carbonyl (C=O) groups excluding carboxylic acids is 1. The van der Waals surface area contributed by atoms with Crippen molar-refractivity contribution in [1.29, 1.82) is 0 Å². The lowest BCUT2D eigenvalue weighted by molar-refractivity contribution is -0.139. The number of hydrogen-bond donors (Lipinski definition) is 2. The number of amides is 1. The molecule has 10 heteroatoms. The minimum absolute atomic E-state index is 0.0548. The standard InChI is InChI=1S/C14H18F3N3O3S/c1-2-19-13(21)11-7-9(18)8-20(11)24(22,23)12-6-4-3-5-10(12)14(15,16)17/h3-6,9,11H,2,7-8,18H2,1H3,(H,19,21)/t9-,11+/m1/s1. The van der Waals surface area contributed by atoms with E-state index in [4.69, 9.17) is 5.73 Å². The Bertz CT molecular complexity index is 721. The summed E-state index contributed by atoms with van der Waals surface area (Å²) in [4.78, 5) is 11.2. The largest absolute Gasteiger partial charge is 0.417 e. The zero-order valence-electron chi connectivity index (χ0n) is 12.9. The van der Waals surface area contributed by atoms with E-state index in [-0.39, 0.29) is 19.5 Å². The molecule has 134 valence electrons. The Labute approximate surface area is 137 Å². The fourth-order valence-electron chi connectivity index (χ4n) is 2.68. The van der Waals surface area contributed by atoms with Gasteiger partial charge in [0.05, 0.1) is 10.5 Å². The maximum Gasteiger partial charge on any atom is 0.417 e. The minimum atomic E-state index is -4.83. The van der Waals surface area contributed by atoms with Crippen LogP contribution in [-0.4, -0.2) is 43.8 Å². The predicted molar refractivity (Wildman–Crippen MR) is 80.4 cm³/mol. The Morgan fingerprint density at radius 2 is 2.00 bits per heavy atom. The number of alkyl halides is 3. The molecule has 6 nitrogen and oxygen atoms in total. The van der Waals surface area contributed by atoms with E-state index in [1.54, 1.807) is 6.92 Å². The van der Waals surface area contributed by atoms with Crippen LogP contribution in [0.1, 0.15) is 18.9 Å². The third-order valence-corrected chi connectivity index (χ3v) is 5.65. The van der Waals surface area contributed by atoms with E-state index in [2.05, 4.69) is 5.32 Å². The third kappa shape index (κ3) is 3.55. The molecule has 0 radical (unpaired) electrons. The number of sulfonamides is 1. The smallest absolute Gasteiger partial charge is 0.355 e. The van der Waals surface area contributed by atoms with E-state index < -0.39 is 44.6 Å². The van der Waals surface area contributed by atoms with Gasteiger partial charge in [-0.05, 0) is 25.5 Å². The molecule has 1 heterocycles. The fourth-order valence-corrected chi connectivity index (χ4v) is 4.55. The second-order valence-electron chi connectivity index (χ2n) is 5.47. The maximum atomic E-state index is 13.1. The lowest BCUT2D eigenvalue weighted by Gasteiger charge is -2.24. The molecule has 3 N–H and O–H groups in total. The molecule has 1 aromatic rings. The number of nitrogens with zero attached hydrogens (tertiary/aromatic N) is 1. The van der Waals surface area contributed by atoms with Gasteiger partial charge in [0.15, 0.2) is 0 Å². The first-order valence-corrected chi connectivity index (χ1v) is 8.74. The zero-order valence-corrected chi connectivity index (χ0v) is 13.7. The van der Waals surface area contributed by atoms with Crippen molar-refractivity contribution >= 4 is 15.9 Å². The molecule has 1 aromatic carbocycles. The molecule has 0 aromatic heterocycles. The van der Waals surface area contributed by atoms with Gasteiger partial charge in [0, 0.05) is 19.1 Å². The van der Waals surface area contributed by atoms with Gasteiger partial charge in [-0.25, -0.2) is 8.42 Å². The van der Waals surface area contributed by atoms with Crippen LogP contribution < -0.4 is 11.1 Å². The molecule has 2 rings (SSSR count). The summed E-state index contributed by atoms with van der Waals surface area (Å²) >= 11 is 0. The van der Waals surface area contributed by atoms with E-state index in [0.29, 0.717) is 6.07 Å². The number of benzene rings is 1. The van der Waals surface area contributed by atoms with Crippen LogP contribution in [0.3, 0.4) is 0 Å². The first kappa shape index (κ1) is 18.7. The summed E-state index contributed by atoms with van der Waals surface area (Å²) in [6.07, 6.45) is -4.77. The number of nitrogens with one attached hydrogen (secondary N) is 1. The van der Waals surface area contributed by atoms with Crippen LogP contribution in [0, 0.1) is 0 Å². The molecule has 1 saturated heterocycles. The van der Waals surface area contributed by atoms with Crippen LogP contribution in [0.2, 0.25) is 0 Å². The second-order valence-corrected chi connectivity index (χ2v) is 7.33. The van der Waals surface area contributed by atoms with Crippen LogP contribution in [-0.2, 0) is 21.0 Å². The zero-order chi connectivity index (χ0) is 18.1. The Hall–Kier alpha value is -1.65. The molecule has 0 aliphatic carbocycles. The van der Waals surface area contributed by atoms with Crippen LogP contribution in [0.15, 0.2) is 29.2 Å². The topological polar surface area (TPSA) is 92.5 Å². The summed E-state index contributed by atoms with van der Waals surface area (Å²) in [5.41, 5.74) is 4.48. The molecule has 0 unspecified atom stereocenters. The van der Waals surface area contributed by atoms with Gasteiger partial charge in [-0.15, -0.1) is 0 Å². The summed E-state index contributed by atoms with van der Waals surface area (Å²) < 4.78 is 65.7. The highest BCUT2D eigenvalue weighted by atomic mass is 32.2. The molecule has 1 aliphatic rings. The molecule has 1 amide bonds. The number of rotatable bonds is 4. The Kier molecular flexibility index (Phi) is 5.21. The van der Waals surface area contributed by atoms with E-state index >= 15 is 0 Å². The van der Waals surface area contributed by atoms with Crippen molar-refractivity contribution in [2.24, 2.45) is 5.73 Å². The van der Waals surface area contributed by atoms with Crippen molar-refractivity contribution in [2.45, 2.75) is 36.5 Å². The Balaban J connectivity index is 2.49. The summed E-state index contributed by atoms with van der Waals surface area (Å²) in [7, 11) is -4.53. The summed E-state index contributed by atoms with van der Waals surface area (Å²) in [6.45, 7) is 1.72. The number of carbonyl (C=O) groups is 1. The number of hydrogen-bond acceptors (Lipinski definition) is 4. The summed E-state index contributed by atoms with van der Waals surface area (Å²) in [5, 5.41) is 2.48. The van der Waals surface area contributed by atoms with Gasteiger partial charge in [-0.1, -0.05) is 12.1 Å². The molecular weight excluding hydrogens is 347 g/mol. The van der Waals surface area contributed by atoms with Gasteiger partial charge in [-0.3, -0.25) is 4.79 Å². The third-order valence-electron chi connectivity index (χ3n) is 3.72. The van der Waals surface area contributed by atoms with Gasteiger partial charge in [-0.2, -0.15) is 17.5 Å². The van der Waals surface area contributed by atoms with Crippen molar-refractivity contribution in [2.75, 3.05) is 13.1 Å². The predicted octanol–water partition coefficient (Wildman–Crippen LogP) is 0.932. The van der Waals surface area contributed by atoms with Crippen LogP contribution in [0.4, 0.5) is 13.2 Å². The molecule has 1 fully saturated rings. The number of halogens is 3. The second kappa shape index (κ2) is 6.69. The molecule has 1 aliphatic heterocycles. The Morgan fingerprint density at radius 3 is 2.58 bits per heavy atom. The van der Waals surface area contributed by atoms with Crippen LogP contribution in [0.25, 0.3) is 0 Å². The number of likely N-dealkylation sites (N-methyl/N-ethyl adjacent to an activating group) is 1. The minimum Gasteiger partial charge on any atom is -0.355 e. The average molecular weight is 365 g/mol. The van der Waals surface area contributed by atoms with Crippen LogP contribution in [0.5, 0.6) is 0 Å². The molecule has 0 spiro atoms. The average Bonchev–Trinajstić information content (AvgIpc) is 2.89. The van der Waals surface area contributed by atoms with Gasteiger partial charge in [0.25, 0.3) is 0 Å². The lowest BCUT2D eigenvalue weighted by Crippen LogP contribution is -2.46. The van der Waals surface area contributed by atoms with E-state index in [1.807, 2.05) is 0 Å². The van der Waals surface area contributed by atoms with Crippen molar-refractivity contribution in [3.05, 3.63) is 29.8 Å². The quantitative estimate of drug-likeness (QED) is 0.830. The van der Waals surface area contributed by atoms with E-state index in [1.165, 1.54) is 6.07 Å². The van der Waals surface area contributed by atoms with Crippen molar-refractivity contribution in [1.82, 2.24) is 9.62 Å². The maximum absolute atomic E-state index is 13.1. The summed E-state index contributed by atoms with van der Waals surface area (Å²) in [6, 6.07) is 2.16. The van der Waals surface area contributed by atoms with E-state index in [9.17, 15) is 26.4 Å². The summed E-state index contributed by atoms with van der Waals surface area (Å²) in [5.74, 6) is -0.571. The molecular formula is C14H18F3N3O3S. The molecule has 0 bridgehead atoms. The van der Waals surface area contributed by atoms with Gasteiger partial charge in [0.2, 0.25) is 15.9 Å². The highest BCUT2D eigenvalue weighted by Crippen LogP contribution is 2.36.